The van der Waals surface area contributed by atoms with Crippen molar-refractivity contribution in [1.29, 1.82) is 0 Å². The number of aliphatic hydroxyl groups is 2. The summed E-state index contributed by atoms with van der Waals surface area (Å²) in [5, 5.41) is 19.3. The molecule has 0 aliphatic carbocycles. The number of amides is 1. The molecule has 1 aliphatic rings. The third-order valence-corrected chi connectivity index (χ3v) is 2.89. The standard InChI is InChI=1S/C10H12FN3O5/c1-3-6(15)7(16)10(19-3)14-2-4(11)13-5(8(12)17)9(14)18/h2-3,6-7,10,15-16H,1H3,(H2,12,17)/t3-,6-,7-,10-/m1/s1. The molecule has 8 nitrogen and oxygen atoms in total. The number of aliphatic hydroxyl groups excluding tert-OH is 2. The number of hydrogen-bond acceptors (Lipinski definition) is 6. The highest BCUT2D eigenvalue weighted by Crippen LogP contribution is 2.27. The highest BCUT2D eigenvalue weighted by atomic mass is 19.1. The number of carbonyl (C=O) groups excluding carboxylic acids is 1. The molecule has 19 heavy (non-hydrogen) atoms. The van der Waals surface area contributed by atoms with E-state index in [4.69, 9.17) is 10.5 Å². The van der Waals surface area contributed by atoms with E-state index in [-0.39, 0.29) is 0 Å². The molecule has 1 aromatic rings. The molecule has 0 bridgehead atoms. The third kappa shape index (κ3) is 2.23. The summed E-state index contributed by atoms with van der Waals surface area (Å²) in [6, 6.07) is 0. The van der Waals surface area contributed by atoms with Crippen molar-refractivity contribution in [2.45, 2.75) is 31.5 Å². The number of hydrogen-bond donors (Lipinski definition) is 3. The summed E-state index contributed by atoms with van der Waals surface area (Å²) in [7, 11) is 0. The quantitative estimate of drug-likeness (QED) is 0.578. The molecule has 1 saturated heterocycles. The first-order valence-electron chi connectivity index (χ1n) is 5.43. The van der Waals surface area contributed by atoms with Crippen LogP contribution < -0.4 is 11.3 Å². The summed E-state index contributed by atoms with van der Waals surface area (Å²) in [4.78, 5) is 25.9. The zero-order valence-corrected chi connectivity index (χ0v) is 9.86. The first-order valence-corrected chi connectivity index (χ1v) is 5.43. The molecule has 1 fully saturated rings. The fourth-order valence-electron chi connectivity index (χ4n) is 1.89. The molecule has 0 unspecified atom stereocenters. The van der Waals surface area contributed by atoms with Gasteiger partial charge in [-0.3, -0.25) is 14.2 Å². The Morgan fingerprint density at radius 1 is 1.53 bits per heavy atom. The molecule has 1 aromatic heterocycles. The predicted molar refractivity (Wildman–Crippen MR) is 58.6 cm³/mol. The van der Waals surface area contributed by atoms with Crippen LogP contribution in [0.4, 0.5) is 4.39 Å². The third-order valence-electron chi connectivity index (χ3n) is 2.89. The summed E-state index contributed by atoms with van der Waals surface area (Å²) in [6.45, 7) is 1.48. The van der Waals surface area contributed by atoms with Crippen molar-refractivity contribution in [2.24, 2.45) is 5.73 Å². The summed E-state index contributed by atoms with van der Waals surface area (Å²) < 4.78 is 19.1. The molecule has 1 amide bonds. The topological polar surface area (TPSA) is 128 Å². The monoisotopic (exact) mass is 273 g/mol. The van der Waals surface area contributed by atoms with Crippen molar-refractivity contribution in [3.05, 3.63) is 28.2 Å². The number of aromatic nitrogens is 2. The van der Waals surface area contributed by atoms with Gasteiger partial charge in [0.2, 0.25) is 5.95 Å². The van der Waals surface area contributed by atoms with Crippen LogP contribution in [-0.2, 0) is 4.74 Å². The predicted octanol–water partition coefficient (Wildman–Crippen LogP) is -1.88. The van der Waals surface area contributed by atoms with E-state index in [0.717, 1.165) is 0 Å². The normalized spacial score (nSPS) is 30.5. The van der Waals surface area contributed by atoms with E-state index in [1.54, 1.807) is 0 Å². The van der Waals surface area contributed by atoms with E-state index < -0.39 is 47.6 Å². The van der Waals surface area contributed by atoms with Gasteiger partial charge in [-0.15, -0.1) is 0 Å². The maximum atomic E-state index is 13.3. The highest BCUT2D eigenvalue weighted by molar-refractivity contribution is 5.90. The van der Waals surface area contributed by atoms with Crippen molar-refractivity contribution in [2.75, 3.05) is 0 Å². The van der Waals surface area contributed by atoms with Gasteiger partial charge in [-0.1, -0.05) is 0 Å². The molecule has 0 radical (unpaired) electrons. The fraction of sp³-hybridized carbons (Fsp3) is 0.500. The van der Waals surface area contributed by atoms with Crippen LogP contribution in [0.25, 0.3) is 0 Å². The van der Waals surface area contributed by atoms with Gasteiger partial charge in [0.1, 0.15) is 12.2 Å². The number of ether oxygens (including phenoxy) is 1. The average molecular weight is 273 g/mol. The van der Waals surface area contributed by atoms with E-state index in [1.165, 1.54) is 6.92 Å². The summed E-state index contributed by atoms with van der Waals surface area (Å²) in [6.07, 6.45) is -4.05. The van der Waals surface area contributed by atoms with Gasteiger partial charge >= 0.3 is 0 Å². The van der Waals surface area contributed by atoms with Gasteiger partial charge in [-0.25, -0.2) is 4.98 Å². The maximum Gasteiger partial charge on any atom is 0.284 e. The number of nitrogens with zero attached hydrogens (tertiary/aromatic N) is 2. The lowest BCUT2D eigenvalue weighted by molar-refractivity contribution is -0.0351. The molecule has 0 aromatic carbocycles. The Hall–Kier alpha value is -1.84. The molecule has 2 heterocycles. The minimum Gasteiger partial charge on any atom is -0.388 e. The molecule has 104 valence electrons. The van der Waals surface area contributed by atoms with E-state index in [1.807, 2.05) is 0 Å². The molecule has 0 spiro atoms. The van der Waals surface area contributed by atoms with Crippen molar-refractivity contribution >= 4 is 5.91 Å². The summed E-state index contributed by atoms with van der Waals surface area (Å²) in [5.41, 5.74) is 3.10. The molecule has 1 aliphatic heterocycles. The minimum atomic E-state index is -1.43. The number of rotatable bonds is 2. The number of halogens is 1. The highest BCUT2D eigenvalue weighted by Gasteiger charge is 2.42. The van der Waals surface area contributed by atoms with E-state index >= 15 is 0 Å². The van der Waals surface area contributed by atoms with E-state index in [9.17, 15) is 24.2 Å². The summed E-state index contributed by atoms with van der Waals surface area (Å²) >= 11 is 0. The van der Waals surface area contributed by atoms with E-state index in [2.05, 4.69) is 4.98 Å². The Morgan fingerprint density at radius 2 is 2.16 bits per heavy atom. The van der Waals surface area contributed by atoms with Crippen LogP contribution in [0.5, 0.6) is 0 Å². The number of primary amides is 1. The molecule has 4 atom stereocenters. The molecule has 9 heteroatoms. The van der Waals surface area contributed by atoms with Crippen molar-refractivity contribution in [3.8, 4) is 0 Å². The van der Waals surface area contributed by atoms with Crippen LogP contribution in [-0.4, -0.2) is 44.0 Å². The zero-order valence-electron chi connectivity index (χ0n) is 9.86. The molecule has 4 N–H and O–H groups in total. The van der Waals surface area contributed by atoms with Crippen LogP contribution >= 0.6 is 0 Å². The van der Waals surface area contributed by atoms with Crippen molar-refractivity contribution < 1.29 is 24.1 Å². The van der Waals surface area contributed by atoms with Crippen LogP contribution in [0.15, 0.2) is 11.0 Å². The average Bonchev–Trinajstić information content (AvgIpc) is 2.59. The second-order valence-electron chi connectivity index (χ2n) is 4.20. The lowest BCUT2D eigenvalue weighted by Crippen LogP contribution is -2.38. The van der Waals surface area contributed by atoms with Gasteiger partial charge in [0.15, 0.2) is 11.9 Å². The van der Waals surface area contributed by atoms with Crippen LogP contribution in [0.2, 0.25) is 0 Å². The molecular formula is C10H12FN3O5. The van der Waals surface area contributed by atoms with Crippen molar-refractivity contribution in [1.82, 2.24) is 9.55 Å². The van der Waals surface area contributed by atoms with Gasteiger partial charge in [0, 0.05) is 0 Å². The van der Waals surface area contributed by atoms with E-state index in [0.29, 0.717) is 10.8 Å². The Labute approximate surface area is 106 Å². The van der Waals surface area contributed by atoms with Gasteiger partial charge in [-0.05, 0) is 6.92 Å². The largest absolute Gasteiger partial charge is 0.388 e. The lowest BCUT2D eigenvalue weighted by atomic mass is 10.1. The van der Waals surface area contributed by atoms with Crippen LogP contribution in [0, 0.1) is 5.95 Å². The SMILES string of the molecule is C[C@H]1O[C@@H](n2cc(F)nc(C(N)=O)c2=O)[C@H](O)[C@@H]1O. The Bertz CT molecular complexity index is 575. The fourth-order valence-corrected chi connectivity index (χ4v) is 1.89. The maximum absolute atomic E-state index is 13.3. The first-order chi connectivity index (χ1) is 8.82. The minimum absolute atomic E-state index is 0.653. The lowest BCUT2D eigenvalue weighted by Gasteiger charge is -2.17. The zero-order chi connectivity index (χ0) is 14.3. The smallest absolute Gasteiger partial charge is 0.284 e. The second-order valence-corrected chi connectivity index (χ2v) is 4.20. The first kappa shape index (κ1) is 13.6. The van der Waals surface area contributed by atoms with Gasteiger partial charge in [-0.2, -0.15) is 4.39 Å². The Balaban J connectivity index is 2.52. The molecule has 0 saturated carbocycles. The van der Waals surface area contributed by atoms with Gasteiger partial charge < -0.3 is 20.7 Å². The second kappa shape index (κ2) is 4.68. The number of nitrogens with two attached hydrogens (primary N) is 1. The Morgan fingerprint density at radius 3 is 2.63 bits per heavy atom. The van der Waals surface area contributed by atoms with Crippen LogP contribution in [0.1, 0.15) is 23.6 Å². The number of carbonyl (C=O) groups is 1. The van der Waals surface area contributed by atoms with Gasteiger partial charge in [0.05, 0.1) is 12.3 Å². The molecule has 2 rings (SSSR count). The van der Waals surface area contributed by atoms with Crippen molar-refractivity contribution in [3.63, 3.8) is 0 Å². The Kier molecular flexibility index (Phi) is 3.35. The van der Waals surface area contributed by atoms with Gasteiger partial charge in [0.25, 0.3) is 11.5 Å². The molecular weight excluding hydrogens is 261 g/mol. The van der Waals surface area contributed by atoms with Crippen LogP contribution in [0.3, 0.4) is 0 Å². The summed E-state index contributed by atoms with van der Waals surface area (Å²) in [5.74, 6) is -2.32.